The molecule has 0 aromatic heterocycles. The van der Waals surface area contributed by atoms with Crippen LogP contribution < -0.4 is 5.32 Å². The molecule has 1 nitrogen and oxygen atoms in total. The summed E-state index contributed by atoms with van der Waals surface area (Å²) in [6.07, 6.45) is 0.819. The van der Waals surface area contributed by atoms with E-state index in [9.17, 15) is 8.78 Å². The molecule has 2 atom stereocenters. The van der Waals surface area contributed by atoms with Gasteiger partial charge in [-0.2, -0.15) is 0 Å². The lowest BCUT2D eigenvalue weighted by atomic mass is 9.87. The molecule has 2 aromatic rings. The van der Waals surface area contributed by atoms with Gasteiger partial charge in [-0.3, -0.25) is 0 Å². The minimum atomic E-state index is -0.767. The summed E-state index contributed by atoms with van der Waals surface area (Å²) < 4.78 is 27.3. The van der Waals surface area contributed by atoms with Crippen molar-refractivity contribution in [2.75, 3.05) is 6.54 Å². The topological polar surface area (TPSA) is 12.0 Å². The van der Waals surface area contributed by atoms with Gasteiger partial charge in [-0.25, -0.2) is 8.78 Å². The van der Waals surface area contributed by atoms with Crippen LogP contribution >= 0.6 is 0 Å². The first kappa shape index (κ1) is 12.3. The van der Waals surface area contributed by atoms with Crippen LogP contribution in [0, 0.1) is 11.6 Å². The summed E-state index contributed by atoms with van der Waals surface area (Å²) >= 11 is 0. The van der Waals surface area contributed by atoms with Crippen LogP contribution in [0.25, 0.3) is 0 Å². The van der Waals surface area contributed by atoms with Crippen molar-refractivity contribution in [2.45, 2.75) is 18.4 Å². The molecule has 1 aliphatic rings. The van der Waals surface area contributed by atoms with E-state index in [1.54, 1.807) is 12.1 Å². The monoisotopic (exact) mass is 259 g/mol. The lowest BCUT2D eigenvalue weighted by Crippen LogP contribution is -2.17. The standard InChI is InChI=1S/C16H15F2N/c17-14-8-4-7-12(15(14)18)13-9-10-19-16(13)11-5-2-1-3-6-11/h1-8,13,16,19H,9-10H2. The van der Waals surface area contributed by atoms with Crippen molar-refractivity contribution in [2.24, 2.45) is 0 Å². The Bertz CT molecular complexity index is 568. The quantitative estimate of drug-likeness (QED) is 0.865. The Kier molecular flexibility index (Phi) is 3.30. The summed E-state index contributed by atoms with van der Waals surface area (Å²) in [6.45, 7) is 0.820. The van der Waals surface area contributed by atoms with E-state index in [1.807, 2.05) is 30.3 Å². The fraction of sp³-hybridized carbons (Fsp3) is 0.250. The molecule has 0 radical (unpaired) electrons. The fourth-order valence-electron chi connectivity index (χ4n) is 2.86. The highest BCUT2D eigenvalue weighted by Gasteiger charge is 2.31. The Morgan fingerprint density at radius 3 is 2.53 bits per heavy atom. The van der Waals surface area contributed by atoms with Gasteiger partial charge in [-0.1, -0.05) is 42.5 Å². The summed E-state index contributed by atoms with van der Waals surface area (Å²) in [4.78, 5) is 0. The van der Waals surface area contributed by atoms with E-state index in [2.05, 4.69) is 5.32 Å². The molecule has 1 saturated heterocycles. The minimum absolute atomic E-state index is 0.0156. The molecule has 3 heteroatoms. The molecule has 0 amide bonds. The molecule has 0 saturated carbocycles. The predicted molar refractivity (Wildman–Crippen MR) is 70.9 cm³/mol. The van der Waals surface area contributed by atoms with Gasteiger partial charge in [0.1, 0.15) is 0 Å². The smallest absolute Gasteiger partial charge is 0.162 e. The van der Waals surface area contributed by atoms with E-state index in [4.69, 9.17) is 0 Å². The van der Waals surface area contributed by atoms with Gasteiger partial charge >= 0.3 is 0 Å². The van der Waals surface area contributed by atoms with Gasteiger partial charge in [0, 0.05) is 12.0 Å². The minimum Gasteiger partial charge on any atom is -0.309 e. The highest BCUT2D eigenvalue weighted by Crippen LogP contribution is 2.38. The average molecular weight is 259 g/mol. The molecule has 3 rings (SSSR count). The van der Waals surface area contributed by atoms with Crippen molar-refractivity contribution >= 4 is 0 Å². The molecule has 19 heavy (non-hydrogen) atoms. The van der Waals surface area contributed by atoms with Crippen LogP contribution in [-0.2, 0) is 0 Å². The zero-order chi connectivity index (χ0) is 13.2. The van der Waals surface area contributed by atoms with Crippen LogP contribution in [-0.4, -0.2) is 6.54 Å². The van der Waals surface area contributed by atoms with E-state index in [0.29, 0.717) is 5.56 Å². The fourth-order valence-corrected chi connectivity index (χ4v) is 2.86. The average Bonchev–Trinajstić information content (AvgIpc) is 2.92. The van der Waals surface area contributed by atoms with Crippen LogP contribution in [0.3, 0.4) is 0 Å². The predicted octanol–water partition coefficient (Wildman–Crippen LogP) is 3.78. The molecule has 2 aromatic carbocycles. The number of hydrogen-bond donors (Lipinski definition) is 1. The summed E-state index contributed by atoms with van der Waals surface area (Å²) in [6, 6.07) is 14.4. The maximum atomic E-state index is 13.9. The van der Waals surface area contributed by atoms with Gasteiger partial charge < -0.3 is 5.32 Å². The Hall–Kier alpha value is -1.74. The summed E-state index contributed by atoms with van der Waals surface area (Å²) in [5.41, 5.74) is 1.59. The van der Waals surface area contributed by atoms with Crippen molar-refractivity contribution in [3.63, 3.8) is 0 Å². The lowest BCUT2D eigenvalue weighted by Gasteiger charge is -2.21. The van der Waals surface area contributed by atoms with Crippen molar-refractivity contribution < 1.29 is 8.78 Å². The zero-order valence-electron chi connectivity index (χ0n) is 10.4. The van der Waals surface area contributed by atoms with Crippen LogP contribution in [0.15, 0.2) is 48.5 Å². The van der Waals surface area contributed by atoms with Crippen molar-refractivity contribution in [3.8, 4) is 0 Å². The number of benzene rings is 2. The largest absolute Gasteiger partial charge is 0.309 e. The normalized spacial score (nSPS) is 22.6. The van der Waals surface area contributed by atoms with Crippen LogP contribution in [0.2, 0.25) is 0 Å². The molecule has 0 aliphatic carbocycles. The van der Waals surface area contributed by atoms with Gasteiger partial charge in [-0.05, 0) is 30.2 Å². The third kappa shape index (κ3) is 2.26. The Morgan fingerprint density at radius 1 is 0.947 bits per heavy atom. The second-order valence-corrected chi connectivity index (χ2v) is 4.88. The first-order valence-electron chi connectivity index (χ1n) is 6.49. The van der Waals surface area contributed by atoms with Crippen LogP contribution in [0.4, 0.5) is 8.78 Å². The van der Waals surface area contributed by atoms with Gasteiger partial charge in [0.05, 0.1) is 0 Å². The SMILES string of the molecule is Fc1cccc(C2CCNC2c2ccccc2)c1F. The van der Waals surface area contributed by atoms with Gasteiger partial charge in [0.15, 0.2) is 11.6 Å². The zero-order valence-corrected chi connectivity index (χ0v) is 10.4. The summed E-state index contributed by atoms with van der Waals surface area (Å²) in [5.74, 6) is -1.49. The van der Waals surface area contributed by atoms with E-state index in [-0.39, 0.29) is 12.0 Å². The van der Waals surface area contributed by atoms with E-state index >= 15 is 0 Å². The van der Waals surface area contributed by atoms with E-state index in [1.165, 1.54) is 6.07 Å². The van der Waals surface area contributed by atoms with Crippen molar-refractivity contribution in [1.82, 2.24) is 5.32 Å². The van der Waals surface area contributed by atoms with Crippen molar-refractivity contribution in [3.05, 3.63) is 71.3 Å². The summed E-state index contributed by atoms with van der Waals surface area (Å²) in [7, 11) is 0. The van der Waals surface area contributed by atoms with E-state index in [0.717, 1.165) is 18.5 Å². The number of rotatable bonds is 2. The van der Waals surface area contributed by atoms with Gasteiger partial charge in [0.2, 0.25) is 0 Å². The van der Waals surface area contributed by atoms with Crippen LogP contribution in [0.1, 0.15) is 29.5 Å². The maximum absolute atomic E-state index is 13.9. The second kappa shape index (κ2) is 5.10. The highest BCUT2D eigenvalue weighted by molar-refractivity contribution is 5.31. The molecule has 98 valence electrons. The molecule has 1 fully saturated rings. The maximum Gasteiger partial charge on any atom is 0.162 e. The molecule has 0 bridgehead atoms. The lowest BCUT2D eigenvalue weighted by molar-refractivity contribution is 0.475. The first-order valence-corrected chi connectivity index (χ1v) is 6.49. The number of nitrogens with one attached hydrogen (secondary N) is 1. The second-order valence-electron chi connectivity index (χ2n) is 4.88. The van der Waals surface area contributed by atoms with Crippen LogP contribution in [0.5, 0.6) is 0 Å². The van der Waals surface area contributed by atoms with E-state index < -0.39 is 11.6 Å². The number of halogens is 2. The third-order valence-corrected chi connectivity index (χ3v) is 3.76. The number of hydrogen-bond acceptors (Lipinski definition) is 1. The third-order valence-electron chi connectivity index (χ3n) is 3.76. The summed E-state index contributed by atoms with van der Waals surface area (Å²) in [5, 5.41) is 3.38. The molecule has 1 heterocycles. The first-order chi connectivity index (χ1) is 9.27. The van der Waals surface area contributed by atoms with Gasteiger partial charge in [-0.15, -0.1) is 0 Å². The highest BCUT2D eigenvalue weighted by atomic mass is 19.2. The molecular weight excluding hydrogens is 244 g/mol. The Morgan fingerprint density at radius 2 is 1.74 bits per heavy atom. The Labute approximate surface area is 111 Å². The molecular formula is C16H15F2N. The molecule has 1 N–H and O–H groups in total. The molecule has 1 aliphatic heterocycles. The molecule has 0 spiro atoms. The Balaban J connectivity index is 1.98. The van der Waals surface area contributed by atoms with Gasteiger partial charge in [0.25, 0.3) is 0 Å². The van der Waals surface area contributed by atoms with Crippen molar-refractivity contribution in [1.29, 1.82) is 0 Å². The molecule has 2 unspecified atom stereocenters.